The van der Waals surface area contributed by atoms with Crippen molar-refractivity contribution in [3.63, 3.8) is 0 Å². The first-order valence-electron chi connectivity index (χ1n) is 8.19. The first-order valence-corrected chi connectivity index (χ1v) is 9.07. The minimum Gasteiger partial charge on any atom is -0.497 e. The van der Waals surface area contributed by atoms with E-state index in [1.165, 1.54) is 16.9 Å². The van der Waals surface area contributed by atoms with Crippen molar-refractivity contribution in [2.45, 2.75) is 6.04 Å². The standard InChI is InChI=1S/C18H21N3O2S.ClH/c1-20-8-13-9-21(18(22)16-7-19-11-24-16)10-15(13)17(20)12-3-5-14(23-2)6-4-12;/h3-7,11,13,15,17H,8-10H2,1-2H3;1H/t13-,15+,17-;/m0./s1. The van der Waals surface area contributed by atoms with Gasteiger partial charge in [-0.25, -0.2) is 0 Å². The second-order valence-corrected chi connectivity index (χ2v) is 7.54. The normalized spacial score (nSPS) is 25.5. The Labute approximate surface area is 158 Å². The van der Waals surface area contributed by atoms with Crippen molar-refractivity contribution in [2.24, 2.45) is 11.8 Å². The van der Waals surface area contributed by atoms with Gasteiger partial charge in [-0.2, -0.15) is 0 Å². The second kappa shape index (κ2) is 7.32. The molecule has 7 heteroatoms. The molecule has 2 aliphatic heterocycles. The molecular weight excluding hydrogens is 358 g/mol. The third-order valence-corrected chi connectivity index (χ3v) is 6.04. The van der Waals surface area contributed by atoms with E-state index in [2.05, 4.69) is 29.1 Å². The lowest BCUT2D eigenvalue weighted by Crippen LogP contribution is -2.33. The number of likely N-dealkylation sites (tertiary alicyclic amines) is 2. The van der Waals surface area contributed by atoms with Crippen LogP contribution in [0.1, 0.15) is 21.3 Å². The molecule has 0 radical (unpaired) electrons. The number of rotatable bonds is 3. The van der Waals surface area contributed by atoms with Gasteiger partial charge < -0.3 is 9.64 Å². The third kappa shape index (κ3) is 3.26. The Bertz CT molecular complexity index is 722. The van der Waals surface area contributed by atoms with Gasteiger partial charge in [0.25, 0.3) is 5.91 Å². The molecule has 2 fully saturated rings. The van der Waals surface area contributed by atoms with E-state index in [-0.39, 0.29) is 18.3 Å². The fraction of sp³-hybridized carbons (Fsp3) is 0.444. The summed E-state index contributed by atoms with van der Waals surface area (Å²) in [5, 5.41) is 0. The number of amides is 1. The summed E-state index contributed by atoms with van der Waals surface area (Å²) in [7, 11) is 3.87. The molecule has 25 heavy (non-hydrogen) atoms. The van der Waals surface area contributed by atoms with Crippen molar-refractivity contribution in [3.8, 4) is 5.75 Å². The molecule has 0 aliphatic carbocycles. The summed E-state index contributed by atoms with van der Waals surface area (Å²) in [6.45, 7) is 2.70. The number of aromatic nitrogens is 1. The molecule has 0 bridgehead atoms. The number of hydrogen-bond acceptors (Lipinski definition) is 5. The summed E-state index contributed by atoms with van der Waals surface area (Å²) in [6, 6.07) is 8.70. The minimum atomic E-state index is 0. The molecule has 1 aromatic heterocycles. The number of halogens is 1. The lowest BCUT2D eigenvalue weighted by atomic mass is 9.89. The lowest BCUT2D eigenvalue weighted by Gasteiger charge is -2.26. The van der Waals surface area contributed by atoms with Crippen molar-refractivity contribution < 1.29 is 9.53 Å². The van der Waals surface area contributed by atoms with Crippen LogP contribution in [0.4, 0.5) is 0 Å². The summed E-state index contributed by atoms with van der Waals surface area (Å²) in [5.41, 5.74) is 3.02. The van der Waals surface area contributed by atoms with Gasteiger partial charge in [-0.1, -0.05) is 12.1 Å². The SMILES string of the molecule is COc1ccc([C@H]2[C@@H]3CN(C(=O)c4cncs4)C[C@@H]3CN2C)cc1.Cl. The van der Waals surface area contributed by atoms with E-state index in [1.807, 2.05) is 17.0 Å². The summed E-state index contributed by atoms with van der Waals surface area (Å²) in [6.07, 6.45) is 1.67. The van der Waals surface area contributed by atoms with E-state index in [0.29, 0.717) is 17.9 Å². The number of fused-ring (bicyclic) bond motifs is 1. The Hall–Kier alpha value is -1.63. The largest absolute Gasteiger partial charge is 0.497 e. The molecule has 2 saturated heterocycles. The molecule has 3 atom stereocenters. The Morgan fingerprint density at radius 1 is 1.24 bits per heavy atom. The van der Waals surface area contributed by atoms with Gasteiger partial charge in [-0.15, -0.1) is 23.7 Å². The van der Waals surface area contributed by atoms with Crippen LogP contribution in [-0.4, -0.2) is 54.5 Å². The van der Waals surface area contributed by atoms with Crippen molar-refractivity contribution in [1.29, 1.82) is 0 Å². The number of nitrogens with zero attached hydrogens (tertiary/aromatic N) is 3. The Morgan fingerprint density at radius 2 is 2.00 bits per heavy atom. The first kappa shape index (κ1) is 18.2. The van der Waals surface area contributed by atoms with Crippen LogP contribution in [0.5, 0.6) is 5.75 Å². The van der Waals surface area contributed by atoms with Gasteiger partial charge in [0.05, 0.1) is 18.8 Å². The Balaban J connectivity index is 0.00000182. The van der Waals surface area contributed by atoms with Gasteiger partial charge in [-0.3, -0.25) is 14.7 Å². The highest BCUT2D eigenvalue weighted by molar-refractivity contribution is 7.11. The number of carbonyl (C=O) groups excluding carboxylic acids is 1. The molecular formula is C18H22ClN3O2S. The molecule has 3 heterocycles. The molecule has 134 valence electrons. The van der Waals surface area contributed by atoms with Crippen LogP contribution in [0.15, 0.2) is 36.0 Å². The van der Waals surface area contributed by atoms with Crippen molar-refractivity contribution in [1.82, 2.24) is 14.8 Å². The first-order chi connectivity index (χ1) is 11.7. The summed E-state index contributed by atoms with van der Waals surface area (Å²) in [5.74, 6) is 2.03. The summed E-state index contributed by atoms with van der Waals surface area (Å²) >= 11 is 1.42. The topological polar surface area (TPSA) is 45.7 Å². The molecule has 5 nitrogen and oxygen atoms in total. The molecule has 0 saturated carbocycles. The number of hydrogen-bond donors (Lipinski definition) is 0. The van der Waals surface area contributed by atoms with E-state index in [1.54, 1.807) is 18.8 Å². The molecule has 2 aromatic rings. The number of carbonyl (C=O) groups is 1. The molecule has 4 rings (SSSR count). The molecule has 1 amide bonds. The second-order valence-electron chi connectivity index (χ2n) is 6.66. The van der Waals surface area contributed by atoms with Gasteiger partial charge in [-0.05, 0) is 30.7 Å². The quantitative estimate of drug-likeness (QED) is 0.822. The van der Waals surface area contributed by atoms with Crippen LogP contribution >= 0.6 is 23.7 Å². The number of benzene rings is 1. The maximum absolute atomic E-state index is 12.6. The zero-order valence-electron chi connectivity index (χ0n) is 14.3. The molecule has 2 aliphatic rings. The van der Waals surface area contributed by atoms with Crippen LogP contribution in [0.3, 0.4) is 0 Å². The molecule has 0 N–H and O–H groups in total. The molecule has 0 unspecified atom stereocenters. The number of methoxy groups -OCH3 is 1. The average molecular weight is 380 g/mol. The highest BCUT2D eigenvalue weighted by atomic mass is 35.5. The fourth-order valence-electron chi connectivity index (χ4n) is 4.20. The van der Waals surface area contributed by atoms with Gasteiger partial charge in [0.15, 0.2) is 0 Å². The van der Waals surface area contributed by atoms with Crippen LogP contribution in [0, 0.1) is 11.8 Å². The Morgan fingerprint density at radius 3 is 2.64 bits per heavy atom. The van der Waals surface area contributed by atoms with Crippen molar-refractivity contribution in [2.75, 3.05) is 33.8 Å². The smallest absolute Gasteiger partial charge is 0.265 e. The zero-order chi connectivity index (χ0) is 16.7. The highest BCUT2D eigenvalue weighted by Crippen LogP contribution is 2.44. The molecule has 1 aromatic carbocycles. The van der Waals surface area contributed by atoms with Crippen LogP contribution in [0.2, 0.25) is 0 Å². The van der Waals surface area contributed by atoms with Crippen LogP contribution < -0.4 is 4.74 Å². The van der Waals surface area contributed by atoms with Gasteiger partial charge in [0.2, 0.25) is 0 Å². The van der Waals surface area contributed by atoms with Crippen LogP contribution in [-0.2, 0) is 0 Å². The maximum atomic E-state index is 12.6. The maximum Gasteiger partial charge on any atom is 0.265 e. The van der Waals surface area contributed by atoms with Gasteiger partial charge in [0, 0.05) is 31.6 Å². The van der Waals surface area contributed by atoms with E-state index in [4.69, 9.17) is 4.74 Å². The predicted octanol–water partition coefficient (Wildman–Crippen LogP) is 2.95. The van der Waals surface area contributed by atoms with E-state index >= 15 is 0 Å². The number of ether oxygens (including phenoxy) is 1. The predicted molar refractivity (Wildman–Crippen MR) is 101 cm³/mol. The van der Waals surface area contributed by atoms with Gasteiger partial charge >= 0.3 is 0 Å². The highest BCUT2D eigenvalue weighted by Gasteiger charge is 2.47. The minimum absolute atomic E-state index is 0. The van der Waals surface area contributed by atoms with Gasteiger partial charge in [0.1, 0.15) is 10.6 Å². The fourth-order valence-corrected chi connectivity index (χ4v) is 4.79. The van der Waals surface area contributed by atoms with Crippen molar-refractivity contribution in [3.05, 3.63) is 46.4 Å². The average Bonchev–Trinajstić information content (AvgIpc) is 3.30. The van der Waals surface area contributed by atoms with E-state index < -0.39 is 0 Å². The summed E-state index contributed by atoms with van der Waals surface area (Å²) in [4.78, 5) is 21.8. The molecule has 0 spiro atoms. The van der Waals surface area contributed by atoms with E-state index in [0.717, 1.165) is 30.3 Å². The zero-order valence-corrected chi connectivity index (χ0v) is 15.9. The summed E-state index contributed by atoms with van der Waals surface area (Å²) < 4.78 is 5.26. The number of thiazole rings is 1. The Kier molecular flexibility index (Phi) is 5.32. The van der Waals surface area contributed by atoms with E-state index in [9.17, 15) is 4.79 Å². The third-order valence-electron chi connectivity index (χ3n) is 5.28. The monoisotopic (exact) mass is 379 g/mol. The van der Waals surface area contributed by atoms with Crippen molar-refractivity contribution >= 4 is 29.7 Å². The van der Waals surface area contributed by atoms with Crippen LogP contribution in [0.25, 0.3) is 0 Å². The lowest BCUT2D eigenvalue weighted by molar-refractivity contribution is 0.0772.